The number of benzene rings is 1. The molecule has 1 rings (SSSR count). The normalized spacial score (nSPS) is 12.2. The molecular weight excluding hydrogens is 360 g/mol. The van der Waals surface area contributed by atoms with Crippen molar-refractivity contribution in [2.45, 2.75) is 32.4 Å². The van der Waals surface area contributed by atoms with Crippen molar-refractivity contribution in [2.75, 3.05) is 7.11 Å². The molecule has 6 nitrogen and oxygen atoms in total. The monoisotopic (exact) mass is 374 g/mol. The zero-order valence-electron chi connectivity index (χ0n) is 13.0. The smallest absolute Gasteiger partial charge is 0.487 e. The van der Waals surface area contributed by atoms with Gasteiger partial charge in [0.25, 0.3) is 0 Å². The molecule has 0 spiro atoms. The number of ether oxygens (including phenoxy) is 2. The lowest BCUT2D eigenvalue weighted by Crippen LogP contribution is -2.29. The van der Waals surface area contributed by atoms with Crippen molar-refractivity contribution in [2.24, 2.45) is 0 Å². The fourth-order valence-corrected chi connectivity index (χ4v) is 2.07. The van der Waals surface area contributed by atoms with E-state index in [0.29, 0.717) is 6.07 Å². The lowest BCUT2D eigenvalue weighted by molar-refractivity contribution is -0.0500. The van der Waals surface area contributed by atoms with Crippen LogP contribution in [0.1, 0.15) is 29.8 Å². The van der Waals surface area contributed by atoms with Gasteiger partial charge >= 0.3 is 21.6 Å². The minimum Gasteiger partial charge on any atom is -0.487 e. The Morgan fingerprint density at radius 3 is 2.21 bits per heavy atom. The molecule has 0 aliphatic heterocycles. The largest absolute Gasteiger partial charge is 0.534 e. The number of methoxy groups -OCH3 is 1. The Balaban J connectivity index is 3.66. The zero-order chi connectivity index (χ0) is 18.9. The summed E-state index contributed by atoms with van der Waals surface area (Å²) in [6.45, 7) is 4.07. The molecule has 0 fully saturated rings. The van der Waals surface area contributed by atoms with E-state index in [1.54, 1.807) is 0 Å². The van der Waals surface area contributed by atoms with Crippen molar-refractivity contribution < 1.29 is 44.4 Å². The van der Waals surface area contributed by atoms with Crippen molar-refractivity contribution in [1.29, 1.82) is 0 Å². The summed E-state index contributed by atoms with van der Waals surface area (Å²) in [7, 11) is -5.20. The van der Waals surface area contributed by atoms with Gasteiger partial charge in [-0.2, -0.15) is 21.6 Å². The van der Waals surface area contributed by atoms with E-state index >= 15 is 0 Å². The topological polar surface area (TPSA) is 78.9 Å². The van der Waals surface area contributed by atoms with Crippen molar-refractivity contribution in [3.05, 3.63) is 23.0 Å². The Morgan fingerprint density at radius 1 is 1.25 bits per heavy atom. The summed E-state index contributed by atoms with van der Waals surface area (Å²) in [5.74, 6) is -4.18. The lowest BCUT2D eigenvalue weighted by atomic mass is 10.1. The predicted octanol–water partition coefficient (Wildman–Crippen LogP) is 2.94. The van der Waals surface area contributed by atoms with Gasteiger partial charge in [0.15, 0.2) is 17.3 Å². The third-order valence-electron chi connectivity index (χ3n) is 2.59. The number of aryl methyl sites for hydroxylation is 1. The number of alkyl halides is 3. The van der Waals surface area contributed by atoms with E-state index in [9.17, 15) is 30.8 Å². The Morgan fingerprint density at radius 2 is 1.79 bits per heavy atom. The minimum absolute atomic E-state index is 0.286. The molecule has 136 valence electrons. The minimum atomic E-state index is -6.08. The van der Waals surface area contributed by atoms with Gasteiger partial charge in [-0.25, -0.2) is 9.18 Å². The number of carbonyl (C=O) groups is 1. The van der Waals surface area contributed by atoms with E-state index in [1.165, 1.54) is 13.8 Å². The lowest BCUT2D eigenvalue weighted by Gasteiger charge is -2.18. The van der Waals surface area contributed by atoms with Crippen LogP contribution in [0.25, 0.3) is 0 Å². The second kappa shape index (κ2) is 6.83. The van der Waals surface area contributed by atoms with Crippen molar-refractivity contribution in [1.82, 2.24) is 0 Å². The molecule has 0 aliphatic carbocycles. The molecule has 0 aliphatic rings. The van der Waals surface area contributed by atoms with Crippen LogP contribution in [0.15, 0.2) is 6.07 Å². The van der Waals surface area contributed by atoms with Gasteiger partial charge in [-0.3, -0.25) is 0 Å². The van der Waals surface area contributed by atoms with Gasteiger partial charge in [0, 0.05) is 0 Å². The summed E-state index contributed by atoms with van der Waals surface area (Å²) in [5.41, 5.74) is -6.92. The Hall–Kier alpha value is -2.04. The molecule has 1 aromatic carbocycles. The molecule has 0 heterocycles. The first-order valence-corrected chi connectivity index (χ1v) is 7.81. The maximum Gasteiger partial charge on any atom is 0.534 e. The second-order valence-electron chi connectivity index (χ2n) is 4.85. The molecule has 1 aromatic rings. The van der Waals surface area contributed by atoms with Crippen molar-refractivity contribution >= 4 is 16.1 Å². The summed E-state index contributed by atoms with van der Waals surface area (Å²) in [5, 5.41) is 0. The van der Waals surface area contributed by atoms with E-state index in [-0.39, 0.29) is 5.56 Å². The fraction of sp³-hybridized carbons (Fsp3) is 0.462. The van der Waals surface area contributed by atoms with Gasteiger partial charge in [-0.05, 0) is 32.4 Å². The molecule has 0 bridgehead atoms. The first kappa shape index (κ1) is 20.0. The summed E-state index contributed by atoms with van der Waals surface area (Å²) < 4.78 is 87.5. The van der Waals surface area contributed by atoms with Crippen LogP contribution in [0.3, 0.4) is 0 Å². The average molecular weight is 374 g/mol. The molecule has 0 radical (unpaired) electrons. The van der Waals surface area contributed by atoms with Crippen LogP contribution in [0, 0.1) is 12.7 Å². The first-order chi connectivity index (χ1) is 10.8. The van der Waals surface area contributed by atoms with Crippen LogP contribution in [-0.4, -0.2) is 33.1 Å². The SMILES string of the molecule is COC(=O)c1c(OS(=O)(=O)C(F)(F)F)cc(C)c(F)c1OC(C)C. The molecule has 0 aromatic heterocycles. The van der Waals surface area contributed by atoms with E-state index in [0.717, 1.165) is 14.0 Å². The van der Waals surface area contributed by atoms with E-state index in [2.05, 4.69) is 8.92 Å². The van der Waals surface area contributed by atoms with Crippen LogP contribution >= 0.6 is 0 Å². The molecule has 0 atom stereocenters. The standard InChI is InChI=1S/C13H14F4O6S/c1-6(2)22-11-9(12(18)21-4)8(5-7(3)10(11)14)23-24(19,20)13(15,16)17/h5-6H,1-4H3. The quantitative estimate of drug-likeness (QED) is 0.341. The van der Waals surface area contributed by atoms with Crippen molar-refractivity contribution in [3.8, 4) is 11.5 Å². The fourth-order valence-electron chi connectivity index (χ4n) is 1.61. The molecule has 24 heavy (non-hydrogen) atoms. The van der Waals surface area contributed by atoms with Crippen LogP contribution in [0.2, 0.25) is 0 Å². The predicted molar refractivity (Wildman–Crippen MR) is 73.8 cm³/mol. The van der Waals surface area contributed by atoms with E-state index in [4.69, 9.17) is 4.74 Å². The van der Waals surface area contributed by atoms with Crippen LogP contribution in [0.5, 0.6) is 11.5 Å². The number of halogens is 4. The Kier molecular flexibility index (Phi) is 5.70. The average Bonchev–Trinajstić information content (AvgIpc) is 2.41. The molecule has 0 saturated heterocycles. The molecule has 0 unspecified atom stereocenters. The van der Waals surface area contributed by atoms with E-state index < -0.39 is 50.6 Å². The highest BCUT2D eigenvalue weighted by Gasteiger charge is 2.49. The van der Waals surface area contributed by atoms with Gasteiger partial charge in [-0.15, -0.1) is 0 Å². The molecule has 11 heteroatoms. The maximum atomic E-state index is 14.2. The molecule has 0 saturated carbocycles. The van der Waals surface area contributed by atoms with Gasteiger partial charge in [-0.1, -0.05) is 0 Å². The third-order valence-corrected chi connectivity index (χ3v) is 3.56. The van der Waals surface area contributed by atoms with Crippen LogP contribution < -0.4 is 8.92 Å². The summed E-state index contributed by atoms with van der Waals surface area (Å²) >= 11 is 0. The summed E-state index contributed by atoms with van der Waals surface area (Å²) in [4.78, 5) is 11.8. The van der Waals surface area contributed by atoms with E-state index in [1.807, 2.05) is 0 Å². The maximum absolute atomic E-state index is 14.2. The highest BCUT2D eigenvalue weighted by molar-refractivity contribution is 7.88. The summed E-state index contributed by atoms with van der Waals surface area (Å²) in [6.07, 6.45) is -0.670. The Labute approximate surface area is 135 Å². The highest BCUT2D eigenvalue weighted by Crippen LogP contribution is 2.37. The van der Waals surface area contributed by atoms with Gasteiger partial charge < -0.3 is 13.7 Å². The second-order valence-corrected chi connectivity index (χ2v) is 6.39. The molecule has 0 amide bonds. The number of hydrogen-bond acceptors (Lipinski definition) is 6. The number of esters is 1. The zero-order valence-corrected chi connectivity index (χ0v) is 13.8. The molecule has 0 N–H and O–H groups in total. The summed E-state index contributed by atoms with van der Waals surface area (Å²) in [6, 6.07) is 0.637. The molecular formula is C13H14F4O6S. The number of hydrogen-bond donors (Lipinski definition) is 0. The van der Waals surface area contributed by atoms with Gasteiger partial charge in [0.1, 0.15) is 5.56 Å². The van der Waals surface area contributed by atoms with Gasteiger partial charge in [0.05, 0.1) is 13.2 Å². The van der Waals surface area contributed by atoms with Crippen molar-refractivity contribution in [3.63, 3.8) is 0 Å². The van der Waals surface area contributed by atoms with Crippen LogP contribution in [0.4, 0.5) is 17.6 Å². The van der Waals surface area contributed by atoms with Gasteiger partial charge in [0.2, 0.25) is 0 Å². The number of rotatable bonds is 5. The van der Waals surface area contributed by atoms with Crippen LogP contribution in [-0.2, 0) is 14.9 Å². The highest BCUT2D eigenvalue weighted by atomic mass is 32.2. The Bertz CT molecular complexity index is 740. The number of carbonyl (C=O) groups excluding carboxylic acids is 1. The third kappa shape index (κ3) is 4.08. The first-order valence-electron chi connectivity index (χ1n) is 6.40.